The Labute approximate surface area is 384 Å². The molecule has 0 amide bonds. The molecule has 63 heavy (non-hydrogen) atoms. The highest BCUT2D eigenvalue weighted by atomic mass is 14.4. The first-order valence-electron chi connectivity index (χ1n) is 23.0. The van der Waals surface area contributed by atoms with Gasteiger partial charge in [-0.1, -0.05) is 206 Å². The van der Waals surface area contributed by atoms with Crippen LogP contribution in [0.5, 0.6) is 0 Å². The number of aryl methyl sites for hydroxylation is 4. The quantitative estimate of drug-likeness (QED) is 0.0987. The van der Waals surface area contributed by atoms with E-state index in [1.54, 1.807) is 0 Å². The second-order valence-corrected chi connectivity index (χ2v) is 18.1. The van der Waals surface area contributed by atoms with Gasteiger partial charge >= 0.3 is 0 Å². The Kier molecular flexibility index (Phi) is 17.5. The molecule has 0 heterocycles. The van der Waals surface area contributed by atoms with Gasteiger partial charge < -0.3 is 0 Å². The first-order valence-corrected chi connectivity index (χ1v) is 23.0. The molecule has 4 aromatic rings. The van der Waals surface area contributed by atoms with E-state index in [1.807, 2.05) is 30.4 Å². The molecule has 0 nitrogen and oxygen atoms in total. The second-order valence-electron chi connectivity index (χ2n) is 18.1. The Morgan fingerprint density at radius 2 is 1.35 bits per heavy atom. The summed E-state index contributed by atoms with van der Waals surface area (Å²) in [4.78, 5) is 0. The summed E-state index contributed by atoms with van der Waals surface area (Å²) in [6, 6.07) is 24.7. The molecule has 0 aliphatic heterocycles. The Morgan fingerprint density at radius 3 is 1.86 bits per heavy atom. The third-order valence-electron chi connectivity index (χ3n) is 13.4. The van der Waals surface area contributed by atoms with Crippen molar-refractivity contribution in [1.29, 1.82) is 0 Å². The fraction of sp³-hybridized carbons (Fsp3) is 0.302. The zero-order chi connectivity index (χ0) is 46.8. The SMILES string of the molecule is C=C/C(C)=C(\C=C/C)C(/C)=C(CCC)/C(=C\C)C(C)C(C)c1ccc2c(c1)C(C)(C)c1cc(C/C(C=C)=C(/C=C)c3ccccc3C)c(C=C)c(C=C)c1-2.Cc1cc(C)cc(C)c1. The first kappa shape index (κ1) is 49.9. The smallest absolute Gasteiger partial charge is 0.0159 e. The number of rotatable bonds is 16. The largest absolute Gasteiger partial charge is 0.0988 e. The predicted octanol–water partition coefficient (Wildman–Crippen LogP) is 18.4. The van der Waals surface area contributed by atoms with Gasteiger partial charge in [-0.15, -0.1) is 0 Å². The van der Waals surface area contributed by atoms with Crippen LogP contribution < -0.4 is 0 Å². The third kappa shape index (κ3) is 10.7. The molecule has 0 saturated carbocycles. The van der Waals surface area contributed by atoms with Gasteiger partial charge in [-0.3, -0.25) is 0 Å². The molecule has 1 aliphatic rings. The van der Waals surface area contributed by atoms with Gasteiger partial charge in [0.15, 0.2) is 0 Å². The maximum absolute atomic E-state index is 4.35. The fourth-order valence-corrected chi connectivity index (χ4v) is 9.92. The van der Waals surface area contributed by atoms with E-state index in [0.717, 1.165) is 41.5 Å². The van der Waals surface area contributed by atoms with Crippen molar-refractivity contribution in [3.05, 3.63) is 231 Å². The zero-order valence-corrected chi connectivity index (χ0v) is 41.3. The molecule has 2 unspecified atom stereocenters. The van der Waals surface area contributed by atoms with E-state index >= 15 is 0 Å². The van der Waals surface area contributed by atoms with Crippen molar-refractivity contribution < 1.29 is 0 Å². The average molecular weight is 833 g/mol. The van der Waals surface area contributed by atoms with E-state index in [9.17, 15) is 0 Å². The number of fused-ring (bicyclic) bond motifs is 3. The van der Waals surface area contributed by atoms with Crippen molar-refractivity contribution in [2.45, 2.75) is 121 Å². The summed E-state index contributed by atoms with van der Waals surface area (Å²) in [5.74, 6) is 0.638. The number of benzene rings is 4. The summed E-state index contributed by atoms with van der Waals surface area (Å²) in [7, 11) is 0. The van der Waals surface area contributed by atoms with Crippen LogP contribution in [0.25, 0.3) is 28.9 Å². The fourth-order valence-electron chi connectivity index (χ4n) is 9.92. The molecule has 328 valence electrons. The summed E-state index contributed by atoms with van der Waals surface area (Å²) in [5, 5.41) is 0. The van der Waals surface area contributed by atoms with Crippen molar-refractivity contribution in [2.75, 3.05) is 0 Å². The minimum absolute atomic E-state index is 0.202. The van der Waals surface area contributed by atoms with Gasteiger partial charge in [-0.05, 0) is 175 Å². The van der Waals surface area contributed by atoms with Gasteiger partial charge in [0.05, 0.1) is 0 Å². The van der Waals surface area contributed by atoms with E-state index in [0.29, 0.717) is 11.8 Å². The van der Waals surface area contributed by atoms with Crippen LogP contribution in [-0.2, 0) is 11.8 Å². The lowest BCUT2D eigenvalue weighted by molar-refractivity contribution is 0.557. The standard InChI is InChI=1S/C54H64.C9H12/c1-16-26-47(35(9)18-3)39(13)49(27-17-2)43(20-5)38(12)37(11)41-30-31-50-51(33-41)54(14,15)52-34-42(45(22-7)46(23-8)53(50)52)32-40(19-4)44(21-6)48-29-25-24-28-36(48)10;1-7-4-8(2)6-9(3)5-7/h16,18-26,28-31,33-34,37-38H,3-4,6-8,17,27,32H2,1-2,5,9-15H3;4-6H,1-3H3/b26-16-,43-20-,44-40-,47-35+,49-39+;. The van der Waals surface area contributed by atoms with Crippen LogP contribution in [0.1, 0.15) is 142 Å². The molecule has 0 spiro atoms. The molecule has 0 bridgehead atoms. The van der Waals surface area contributed by atoms with Crippen LogP contribution in [0.4, 0.5) is 0 Å². The minimum Gasteiger partial charge on any atom is -0.0988 e. The molecule has 4 aromatic carbocycles. The average Bonchev–Trinajstić information content (AvgIpc) is 3.48. The molecular weight excluding hydrogens is 757 g/mol. The van der Waals surface area contributed by atoms with Crippen LogP contribution in [-0.4, -0.2) is 0 Å². The van der Waals surface area contributed by atoms with E-state index in [2.05, 4.69) is 208 Å². The highest BCUT2D eigenvalue weighted by Gasteiger charge is 2.38. The van der Waals surface area contributed by atoms with Gasteiger partial charge in [0.1, 0.15) is 0 Å². The molecule has 0 N–H and O–H groups in total. The van der Waals surface area contributed by atoms with Crippen molar-refractivity contribution >= 4 is 17.7 Å². The van der Waals surface area contributed by atoms with Crippen molar-refractivity contribution in [2.24, 2.45) is 5.92 Å². The summed E-state index contributed by atoms with van der Waals surface area (Å²) < 4.78 is 0. The number of hydrogen-bond acceptors (Lipinski definition) is 0. The number of hydrogen-bond donors (Lipinski definition) is 0. The lowest BCUT2D eigenvalue weighted by Gasteiger charge is -2.29. The monoisotopic (exact) mass is 833 g/mol. The lowest BCUT2D eigenvalue weighted by Crippen LogP contribution is -2.17. The molecule has 1 aliphatic carbocycles. The minimum atomic E-state index is -0.202. The van der Waals surface area contributed by atoms with Crippen LogP contribution in [0.2, 0.25) is 0 Å². The van der Waals surface area contributed by atoms with Crippen molar-refractivity contribution in [1.82, 2.24) is 0 Å². The molecule has 0 aromatic heterocycles. The Morgan fingerprint density at radius 1 is 0.730 bits per heavy atom. The third-order valence-corrected chi connectivity index (χ3v) is 13.4. The maximum atomic E-state index is 4.35. The van der Waals surface area contributed by atoms with Crippen molar-refractivity contribution in [3.63, 3.8) is 0 Å². The summed E-state index contributed by atoms with van der Waals surface area (Å²) in [6.45, 7) is 50.4. The van der Waals surface area contributed by atoms with E-state index in [-0.39, 0.29) is 5.41 Å². The van der Waals surface area contributed by atoms with Gasteiger partial charge in [0, 0.05) is 5.41 Å². The Bertz CT molecular complexity index is 2490. The molecule has 0 saturated heterocycles. The summed E-state index contributed by atoms with van der Waals surface area (Å²) in [5.41, 5.74) is 25.4. The molecule has 0 heteroatoms. The molecular formula is C63H76. The van der Waals surface area contributed by atoms with Crippen molar-refractivity contribution in [3.8, 4) is 11.1 Å². The molecule has 0 radical (unpaired) electrons. The molecule has 0 fully saturated rings. The highest BCUT2D eigenvalue weighted by molar-refractivity contribution is 5.91. The van der Waals surface area contributed by atoms with E-state index in [1.165, 1.54) is 89.1 Å². The zero-order valence-electron chi connectivity index (χ0n) is 41.3. The van der Waals surface area contributed by atoms with Crippen LogP contribution in [0.15, 0.2) is 170 Å². The Balaban J connectivity index is 0.000000858. The van der Waals surface area contributed by atoms with Gasteiger partial charge in [-0.25, -0.2) is 0 Å². The maximum Gasteiger partial charge on any atom is 0.0159 e. The van der Waals surface area contributed by atoms with Crippen LogP contribution in [0, 0.1) is 33.6 Å². The number of allylic oxidation sites excluding steroid dienone is 13. The van der Waals surface area contributed by atoms with Gasteiger partial charge in [0.2, 0.25) is 0 Å². The van der Waals surface area contributed by atoms with E-state index in [4.69, 9.17) is 0 Å². The van der Waals surface area contributed by atoms with E-state index < -0.39 is 0 Å². The summed E-state index contributed by atoms with van der Waals surface area (Å²) in [6.07, 6.45) is 19.6. The molecule has 2 atom stereocenters. The first-order chi connectivity index (χ1) is 30.0. The Hall–Kier alpha value is -5.72. The second kappa shape index (κ2) is 22.1. The van der Waals surface area contributed by atoms with Gasteiger partial charge in [-0.2, -0.15) is 0 Å². The predicted molar refractivity (Wildman–Crippen MR) is 284 cm³/mol. The van der Waals surface area contributed by atoms with Crippen LogP contribution in [0.3, 0.4) is 0 Å². The molecule has 5 rings (SSSR count). The lowest BCUT2D eigenvalue weighted by atomic mass is 9.75. The normalized spacial score (nSPS) is 15.1. The van der Waals surface area contributed by atoms with Crippen LogP contribution >= 0.6 is 0 Å². The topological polar surface area (TPSA) is 0 Å². The van der Waals surface area contributed by atoms with Gasteiger partial charge in [0.25, 0.3) is 0 Å². The highest BCUT2D eigenvalue weighted by Crippen LogP contribution is 2.53. The summed E-state index contributed by atoms with van der Waals surface area (Å²) >= 11 is 0.